The third kappa shape index (κ3) is 4.81. The van der Waals surface area contributed by atoms with E-state index in [1.54, 1.807) is 56.5 Å². The van der Waals surface area contributed by atoms with E-state index in [0.29, 0.717) is 22.8 Å². The Morgan fingerprint density at radius 2 is 1.78 bits per heavy atom. The number of rotatable bonds is 6. The molecule has 0 unspecified atom stereocenters. The lowest BCUT2D eigenvalue weighted by Crippen LogP contribution is -2.25. The van der Waals surface area contributed by atoms with Crippen LogP contribution in [0.15, 0.2) is 53.6 Å². The molecule has 2 rings (SSSR count). The molecule has 0 saturated heterocycles. The Kier molecular flexibility index (Phi) is 5.68. The molecule has 0 aliphatic rings. The fourth-order valence-corrected chi connectivity index (χ4v) is 1.81. The predicted molar refractivity (Wildman–Crippen MR) is 85.2 cm³/mol. The molecule has 0 radical (unpaired) electrons. The molecular weight excluding hydrogens is 299 g/mol. The highest BCUT2D eigenvalue weighted by atomic mass is 19.1. The summed E-state index contributed by atoms with van der Waals surface area (Å²) in [6.45, 7) is 1.42. The molecule has 2 aromatic rings. The van der Waals surface area contributed by atoms with Crippen LogP contribution in [0.3, 0.4) is 0 Å². The normalized spacial score (nSPS) is 11.0. The Morgan fingerprint density at radius 1 is 1.13 bits per heavy atom. The first kappa shape index (κ1) is 16.5. The van der Waals surface area contributed by atoms with Crippen LogP contribution in [0.2, 0.25) is 0 Å². The molecule has 6 heteroatoms. The number of carbonyl (C=O) groups excluding carboxylic acids is 1. The van der Waals surface area contributed by atoms with Crippen molar-refractivity contribution in [3.8, 4) is 11.5 Å². The monoisotopic (exact) mass is 316 g/mol. The van der Waals surface area contributed by atoms with Gasteiger partial charge in [-0.1, -0.05) is 18.2 Å². The summed E-state index contributed by atoms with van der Waals surface area (Å²) in [4.78, 5) is 11.7. The van der Waals surface area contributed by atoms with Crippen molar-refractivity contribution in [2.75, 3.05) is 13.7 Å². The lowest BCUT2D eigenvalue weighted by atomic mass is 10.1. The Bertz CT molecular complexity index is 699. The summed E-state index contributed by atoms with van der Waals surface area (Å²) in [5.74, 6) is 0.414. The van der Waals surface area contributed by atoms with Crippen LogP contribution in [0.1, 0.15) is 12.5 Å². The van der Waals surface area contributed by atoms with E-state index >= 15 is 0 Å². The molecule has 120 valence electrons. The minimum absolute atomic E-state index is 0.194. The van der Waals surface area contributed by atoms with E-state index in [0.717, 1.165) is 0 Å². The zero-order chi connectivity index (χ0) is 16.7. The van der Waals surface area contributed by atoms with Gasteiger partial charge in [0, 0.05) is 5.56 Å². The van der Waals surface area contributed by atoms with E-state index in [2.05, 4.69) is 10.5 Å². The molecule has 23 heavy (non-hydrogen) atoms. The maximum absolute atomic E-state index is 13.6. The van der Waals surface area contributed by atoms with Crippen LogP contribution in [-0.2, 0) is 4.79 Å². The van der Waals surface area contributed by atoms with Crippen molar-refractivity contribution >= 4 is 11.6 Å². The average molecular weight is 316 g/mol. The van der Waals surface area contributed by atoms with Crippen LogP contribution >= 0.6 is 0 Å². The van der Waals surface area contributed by atoms with Gasteiger partial charge >= 0.3 is 0 Å². The van der Waals surface area contributed by atoms with Crippen LogP contribution in [-0.4, -0.2) is 25.3 Å². The number of hydrazone groups is 1. The zero-order valence-electron chi connectivity index (χ0n) is 12.9. The number of hydrogen-bond acceptors (Lipinski definition) is 4. The van der Waals surface area contributed by atoms with Crippen LogP contribution < -0.4 is 14.9 Å². The molecule has 1 amide bonds. The lowest BCUT2D eigenvalue weighted by molar-refractivity contribution is -0.123. The standard InChI is InChI=1S/C17H17FN2O3/c1-12(15-5-3-4-6-16(15)18)19-20-17(21)11-23-14-9-7-13(22-2)8-10-14/h3-10H,11H2,1-2H3,(H,20,21)/b19-12-. The van der Waals surface area contributed by atoms with Crippen molar-refractivity contribution in [2.45, 2.75) is 6.92 Å². The van der Waals surface area contributed by atoms with Gasteiger partial charge < -0.3 is 9.47 Å². The molecule has 0 aliphatic carbocycles. The number of nitrogens with zero attached hydrogens (tertiary/aromatic N) is 1. The van der Waals surface area contributed by atoms with E-state index in [9.17, 15) is 9.18 Å². The van der Waals surface area contributed by atoms with E-state index in [1.165, 1.54) is 6.07 Å². The van der Waals surface area contributed by atoms with Crippen LogP contribution in [0.25, 0.3) is 0 Å². The minimum atomic E-state index is -0.434. The summed E-state index contributed by atoms with van der Waals surface area (Å²) < 4.78 is 23.9. The molecule has 2 aromatic carbocycles. The number of hydrogen-bond donors (Lipinski definition) is 1. The maximum Gasteiger partial charge on any atom is 0.277 e. The molecule has 0 bridgehead atoms. The predicted octanol–water partition coefficient (Wildman–Crippen LogP) is 2.75. The first-order valence-corrected chi connectivity index (χ1v) is 6.95. The zero-order valence-corrected chi connectivity index (χ0v) is 12.9. The van der Waals surface area contributed by atoms with Gasteiger partial charge in [-0.15, -0.1) is 0 Å². The molecular formula is C17H17FN2O3. The summed E-state index contributed by atoms with van der Waals surface area (Å²) in [5, 5.41) is 3.87. The maximum atomic E-state index is 13.6. The number of carbonyl (C=O) groups is 1. The lowest BCUT2D eigenvalue weighted by Gasteiger charge is -2.07. The van der Waals surface area contributed by atoms with Crippen LogP contribution in [0.4, 0.5) is 4.39 Å². The van der Waals surface area contributed by atoms with Gasteiger partial charge in [-0.2, -0.15) is 5.10 Å². The van der Waals surface area contributed by atoms with Crippen molar-refractivity contribution in [1.82, 2.24) is 5.43 Å². The van der Waals surface area contributed by atoms with Crippen molar-refractivity contribution < 1.29 is 18.7 Å². The highest BCUT2D eigenvalue weighted by molar-refractivity contribution is 5.99. The second-order valence-electron chi connectivity index (χ2n) is 4.68. The molecule has 0 fully saturated rings. The topological polar surface area (TPSA) is 59.9 Å². The number of methoxy groups -OCH3 is 1. The van der Waals surface area contributed by atoms with E-state index in [-0.39, 0.29) is 6.61 Å². The molecule has 0 aromatic heterocycles. The fraction of sp³-hybridized carbons (Fsp3) is 0.176. The van der Waals surface area contributed by atoms with E-state index in [1.807, 2.05) is 0 Å². The second kappa shape index (κ2) is 7.93. The first-order valence-electron chi connectivity index (χ1n) is 6.95. The summed E-state index contributed by atoms with van der Waals surface area (Å²) in [6, 6.07) is 13.1. The van der Waals surface area contributed by atoms with Gasteiger partial charge in [0.1, 0.15) is 17.3 Å². The number of amides is 1. The summed E-state index contributed by atoms with van der Waals surface area (Å²) >= 11 is 0. The molecule has 0 aliphatic heterocycles. The van der Waals surface area contributed by atoms with Gasteiger partial charge in [0.15, 0.2) is 6.61 Å². The fourth-order valence-electron chi connectivity index (χ4n) is 1.81. The minimum Gasteiger partial charge on any atom is -0.497 e. The van der Waals surface area contributed by atoms with Gasteiger partial charge in [0.2, 0.25) is 0 Å². The average Bonchev–Trinajstić information content (AvgIpc) is 2.58. The quantitative estimate of drug-likeness (QED) is 0.658. The van der Waals surface area contributed by atoms with Gasteiger partial charge in [0.05, 0.1) is 12.8 Å². The molecule has 5 nitrogen and oxygen atoms in total. The molecule has 0 atom stereocenters. The summed E-state index contributed by atoms with van der Waals surface area (Å²) in [6.07, 6.45) is 0. The Balaban J connectivity index is 1.87. The van der Waals surface area contributed by atoms with Crippen molar-refractivity contribution in [3.05, 3.63) is 59.9 Å². The Morgan fingerprint density at radius 3 is 2.43 bits per heavy atom. The first-order chi connectivity index (χ1) is 11.1. The van der Waals surface area contributed by atoms with Gasteiger partial charge in [-0.05, 0) is 37.3 Å². The number of ether oxygens (including phenoxy) is 2. The van der Waals surface area contributed by atoms with E-state index < -0.39 is 11.7 Å². The SMILES string of the molecule is COc1ccc(OCC(=O)N/N=C(/C)c2ccccc2F)cc1. The Labute approximate surface area is 133 Å². The molecule has 0 saturated carbocycles. The second-order valence-corrected chi connectivity index (χ2v) is 4.68. The van der Waals surface area contributed by atoms with Crippen LogP contribution in [0.5, 0.6) is 11.5 Å². The third-order valence-electron chi connectivity index (χ3n) is 3.04. The van der Waals surface area contributed by atoms with Gasteiger partial charge in [0.25, 0.3) is 5.91 Å². The summed E-state index contributed by atoms with van der Waals surface area (Å²) in [5.41, 5.74) is 3.05. The van der Waals surface area contributed by atoms with Gasteiger partial charge in [-0.25, -0.2) is 9.82 Å². The van der Waals surface area contributed by atoms with E-state index in [4.69, 9.17) is 9.47 Å². The molecule has 1 N–H and O–H groups in total. The molecule has 0 spiro atoms. The number of nitrogens with one attached hydrogen (secondary N) is 1. The molecule has 0 heterocycles. The van der Waals surface area contributed by atoms with Crippen molar-refractivity contribution in [3.63, 3.8) is 0 Å². The van der Waals surface area contributed by atoms with Crippen molar-refractivity contribution in [1.29, 1.82) is 0 Å². The van der Waals surface area contributed by atoms with Crippen LogP contribution in [0, 0.1) is 5.82 Å². The van der Waals surface area contributed by atoms with Crippen molar-refractivity contribution in [2.24, 2.45) is 5.10 Å². The highest BCUT2D eigenvalue weighted by Crippen LogP contribution is 2.16. The summed E-state index contributed by atoms with van der Waals surface area (Å²) in [7, 11) is 1.57. The Hall–Kier alpha value is -2.89. The number of benzene rings is 2. The van der Waals surface area contributed by atoms with Gasteiger partial charge in [-0.3, -0.25) is 4.79 Å². The smallest absolute Gasteiger partial charge is 0.277 e. The largest absolute Gasteiger partial charge is 0.497 e. The number of halogens is 1. The third-order valence-corrected chi connectivity index (χ3v) is 3.04. The highest BCUT2D eigenvalue weighted by Gasteiger charge is 2.06.